The van der Waals surface area contributed by atoms with Crippen LogP contribution in [-0.4, -0.2) is 75.7 Å². The number of hydrogen-bond donors (Lipinski definition) is 3. The Morgan fingerprint density at radius 3 is 2.04 bits per heavy atom. The molecular formula is C38H51N3O8. The van der Waals surface area contributed by atoms with E-state index in [2.05, 4.69) is 5.32 Å². The molecule has 0 aliphatic heterocycles. The summed E-state index contributed by atoms with van der Waals surface area (Å²) < 4.78 is 27.1. The minimum absolute atomic E-state index is 0.121. The van der Waals surface area contributed by atoms with Crippen LogP contribution in [0.15, 0.2) is 72.8 Å². The van der Waals surface area contributed by atoms with E-state index in [0.717, 1.165) is 16.7 Å². The lowest BCUT2D eigenvalue weighted by atomic mass is 10.00. The van der Waals surface area contributed by atoms with Crippen molar-refractivity contribution in [3.63, 3.8) is 0 Å². The van der Waals surface area contributed by atoms with Gasteiger partial charge in [-0.1, -0.05) is 42.5 Å². The predicted molar refractivity (Wildman–Crippen MR) is 188 cm³/mol. The maximum absolute atomic E-state index is 13.3. The first-order valence-electron chi connectivity index (χ1n) is 16.7. The Hall–Kier alpha value is -4.29. The van der Waals surface area contributed by atoms with Crippen LogP contribution in [0.3, 0.4) is 0 Å². The van der Waals surface area contributed by atoms with Gasteiger partial charge in [0.25, 0.3) is 5.91 Å². The number of carbonyl (C=O) groups is 3. The second kappa shape index (κ2) is 20.9. The summed E-state index contributed by atoms with van der Waals surface area (Å²) in [4.78, 5) is 38.6. The average molecular weight is 678 g/mol. The van der Waals surface area contributed by atoms with Crippen LogP contribution < -0.4 is 21.5 Å². The van der Waals surface area contributed by atoms with Crippen molar-refractivity contribution in [3.8, 4) is 5.75 Å². The molecule has 0 unspecified atom stereocenters. The van der Waals surface area contributed by atoms with E-state index >= 15 is 0 Å². The monoisotopic (exact) mass is 677 g/mol. The molecular weight excluding hydrogens is 626 g/mol. The number of ether oxygens (including phenoxy) is 5. The van der Waals surface area contributed by atoms with E-state index in [1.54, 1.807) is 51.1 Å². The number of benzene rings is 3. The topological polar surface area (TPSA) is 161 Å². The molecule has 11 heteroatoms. The van der Waals surface area contributed by atoms with E-state index in [9.17, 15) is 14.4 Å². The molecule has 0 saturated carbocycles. The summed E-state index contributed by atoms with van der Waals surface area (Å²) in [7, 11) is 0. The summed E-state index contributed by atoms with van der Waals surface area (Å²) in [6.07, 6.45) is 2.35. The third-order valence-corrected chi connectivity index (χ3v) is 7.26. The van der Waals surface area contributed by atoms with E-state index in [0.29, 0.717) is 82.3 Å². The van der Waals surface area contributed by atoms with Crippen LogP contribution in [0.4, 0.5) is 5.69 Å². The minimum Gasteiger partial charge on any atom is -0.458 e. The molecule has 0 fully saturated rings. The molecule has 266 valence electrons. The highest BCUT2D eigenvalue weighted by Crippen LogP contribution is 2.20. The minimum atomic E-state index is -0.815. The van der Waals surface area contributed by atoms with Gasteiger partial charge in [0.2, 0.25) is 0 Å². The van der Waals surface area contributed by atoms with Crippen molar-refractivity contribution in [2.75, 3.05) is 51.9 Å². The van der Waals surface area contributed by atoms with Gasteiger partial charge >= 0.3 is 11.9 Å². The fourth-order valence-electron chi connectivity index (χ4n) is 4.75. The Morgan fingerprint density at radius 2 is 1.39 bits per heavy atom. The summed E-state index contributed by atoms with van der Waals surface area (Å²) >= 11 is 0. The second-order valence-corrected chi connectivity index (χ2v) is 12.5. The quantitative estimate of drug-likeness (QED) is 0.0637. The van der Waals surface area contributed by atoms with Crippen molar-refractivity contribution in [3.05, 3.63) is 95.1 Å². The van der Waals surface area contributed by atoms with Gasteiger partial charge < -0.3 is 40.5 Å². The first kappa shape index (κ1) is 39.2. The molecule has 3 aromatic carbocycles. The number of nitrogen functional groups attached to an aromatic ring is 1. The predicted octanol–water partition coefficient (Wildman–Crippen LogP) is 4.43. The molecule has 0 radical (unpaired) electrons. The maximum atomic E-state index is 13.3. The molecule has 3 rings (SSSR count). The van der Waals surface area contributed by atoms with Crippen molar-refractivity contribution in [2.24, 2.45) is 5.73 Å². The third-order valence-electron chi connectivity index (χ3n) is 7.26. The molecule has 0 aromatic heterocycles. The van der Waals surface area contributed by atoms with Gasteiger partial charge in [-0.2, -0.15) is 0 Å². The van der Waals surface area contributed by atoms with Crippen molar-refractivity contribution in [2.45, 2.75) is 64.5 Å². The molecule has 0 heterocycles. The van der Waals surface area contributed by atoms with Gasteiger partial charge in [0.05, 0.1) is 46.1 Å². The van der Waals surface area contributed by atoms with Crippen LogP contribution in [0.1, 0.15) is 60.7 Å². The number of carbonyl (C=O) groups excluding carboxylic acids is 3. The molecule has 0 bridgehead atoms. The smallest absolute Gasteiger partial charge is 0.329 e. The summed E-state index contributed by atoms with van der Waals surface area (Å²) in [5.41, 5.74) is 14.8. The summed E-state index contributed by atoms with van der Waals surface area (Å²) in [6.45, 7) is 8.36. The van der Waals surface area contributed by atoms with Gasteiger partial charge in [-0.05, 0) is 93.5 Å². The Balaban J connectivity index is 1.47. The van der Waals surface area contributed by atoms with Gasteiger partial charge in [-0.25, -0.2) is 4.79 Å². The van der Waals surface area contributed by atoms with E-state index in [-0.39, 0.29) is 24.9 Å². The van der Waals surface area contributed by atoms with Gasteiger partial charge in [0.15, 0.2) is 0 Å². The molecule has 5 N–H and O–H groups in total. The average Bonchev–Trinajstić information content (AvgIpc) is 3.07. The van der Waals surface area contributed by atoms with Crippen LogP contribution in [0.2, 0.25) is 0 Å². The third kappa shape index (κ3) is 15.6. The molecule has 49 heavy (non-hydrogen) atoms. The number of hydrogen-bond acceptors (Lipinski definition) is 10. The van der Waals surface area contributed by atoms with Crippen molar-refractivity contribution < 1.29 is 38.1 Å². The molecule has 1 amide bonds. The zero-order valence-corrected chi connectivity index (χ0v) is 28.9. The number of aryl methyl sites for hydroxylation is 3. The lowest BCUT2D eigenvalue weighted by molar-refractivity contribution is -0.157. The van der Waals surface area contributed by atoms with Crippen molar-refractivity contribution >= 4 is 23.5 Å². The first-order valence-corrected chi connectivity index (χ1v) is 16.7. The Bertz CT molecular complexity index is 1440. The largest absolute Gasteiger partial charge is 0.458 e. The van der Waals surface area contributed by atoms with Crippen LogP contribution in [-0.2, 0) is 47.8 Å². The maximum Gasteiger partial charge on any atom is 0.329 e. The van der Waals surface area contributed by atoms with Crippen LogP contribution in [0, 0.1) is 0 Å². The summed E-state index contributed by atoms with van der Waals surface area (Å²) in [6, 6.07) is 21.4. The van der Waals surface area contributed by atoms with E-state index in [1.165, 1.54) is 0 Å². The number of nitrogens with one attached hydrogen (secondary N) is 1. The molecule has 0 aliphatic carbocycles. The molecule has 1 atom stereocenters. The van der Waals surface area contributed by atoms with E-state index in [4.69, 9.17) is 35.2 Å². The van der Waals surface area contributed by atoms with Crippen molar-refractivity contribution in [1.82, 2.24) is 5.32 Å². The molecule has 0 spiro atoms. The SMILES string of the molecule is CC(C)(C)OC(=O)[C@H](CCc1ccccc1)NC(=O)c1ccc(N)c(CCc2ccc(OC(=O)CCOCCOCCOCCN)cc2)c1. The van der Waals surface area contributed by atoms with Crippen LogP contribution in [0.25, 0.3) is 0 Å². The van der Waals surface area contributed by atoms with Crippen molar-refractivity contribution in [1.29, 1.82) is 0 Å². The number of nitrogens with two attached hydrogens (primary N) is 2. The molecule has 0 aliphatic rings. The zero-order valence-electron chi connectivity index (χ0n) is 28.9. The first-order chi connectivity index (χ1) is 23.5. The Kier molecular flexibility index (Phi) is 16.7. The highest BCUT2D eigenvalue weighted by molar-refractivity contribution is 5.97. The lowest BCUT2D eigenvalue weighted by Gasteiger charge is -2.25. The van der Waals surface area contributed by atoms with Gasteiger partial charge in [0, 0.05) is 17.8 Å². The Labute approximate surface area is 289 Å². The fraction of sp³-hybridized carbons (Fsp3) is 0.447. The van der Waals surface area contributed by atoms with E-state index in [1.807, 2.05) is 42.5 Å². The van der Waals surface area contributed by atoms with Crippen LogP contribution in [0.5, 0.6) is 5.75 Å². The Morgan fingerprint density at radius 1 is 0.755 bits per heavy atom. The second-order valence-electron chi connectivity index (χ2n) is 12.5. The number of anilines is 1. The van der Waals surface area contributed by atoms with Gasteiger partial charge in [-0.3, -0.25) is 9.59 Å². The van der Waals surface area contributed by atoms with Gasteiger partial charge in [-0.15, -0.1) is 0 Å². The van der Waals surface area contributed by atoms with Crippen LogP contribution >= 0.6 is 0 Å². The number of rotatable bonds is 21. The normalized spacial score (nSPS) is 11.9. The number of amides is 1. The summed E-state index contributed by atoms with van der Waals surface area (Å²) in [5.74, 6) is -0.795. The highest BCUT2D eigenvalue weighted by Gasteiger charge is 2.27. The molecule has 3 aromatic rings. The highest BCUT2D eigenvalue weighted by atomic mass is 16.6. The molecule has 11 nitrogen and oxygen atoms in total. The molecule has 0 saturated heterocycles. The lowest BCUT2D eigenvalue weighted by Crippen LogP contribution is -2.44. The zero-order chi connectivity index (χ0) is 35.5. The van der Waals surface area contributed by atoms with Gasteiger partial charge in [0.1, 0.15) is 17.4 Å². The summed E-state index contributed by atoms with van der Waals surface area (Å²) in [5, 5.41) is 2.88. The number of esters is 2. The fourth-order valence-corrected chi connectivity index (χ4v) is 4.75. The standard InChI is InChI=1S/C38H51N3O8/c1-38(2,3)49-37(44)34(18-12-28-7-5-4-6-8-28)41-36(43)31-14-17-33(40)30(27-31)13-9-29-10-15-32(16-11-29)48-35(42)19-21-45-23-25-47-26-24-46-22-20-39/h4-8,10-11,14-17,27,34H,9,12-13,18-26,39-40H2,1-3H3,(H,41,43)/t34-/m0/s1. The van der Waals surface area contributed by atoms with E-state index < -0.39 is 17.6 Å².